The van der Waals surface area contributed by atoms with Crippen LogP contribution in [0.3, 0.4) is 0 Å². The van der Waals surface area contributed by atoms with Crippen molar-refractivity contribution in [3.05, 3.63) is 48.3 Å². The second-order valence-corrected chi connectivity index (χ2v) is 7.10. The van der Waals surface area contributed by atoms with Crippen molar-refractivity contribution in [3.8, 4) is 0 Å². The minimum absolute atomic E-state index is 0.0657. The van der Waals surface area contributed by atoms with Crippen LogP contribution in [0.5, 0.6) is 0 Å². The first-order valence-electron chi connectivity index (χ1n) is 9.89. The molecule has 28 heavy (non-hydrogen) atoms. The van der Waals surface area contributed by atoms with Crippen LogP contribution in [-0.2, 0) is 19.6 Å². The fraction of sp³-hybridized carbons (Fsp3) is 0.526. The van der Waals surface area contributed by atoms with Gasteiger partial charge in [-0.15, -0.1) is 10.2 Å². The van der Waals surface area contributed by atoms with Crippen LogP contribution in [0.15, 0.2) is 31.1 Å². The van der Waals surface area contributed by atoms with Crippen LogP contribution in [0.4, 0.5) is 0 Å². The first-order valence-corrected chi connectivity index (χ1v) is 9.89. The number of imidazole rings is 1. The SMILES string of the molecule is CCn1cc(C(=O)N2CCC(c3nnc(Cn4ccnc4)n3CC)CC2)cn1. The third-order valence-electron chi connectivity index (χ3n) is 5.41. The van der Waals surface area contributed by atoms with E-state index in [1.54, 1.807) is 23.4 Å². The standard InChI is InChI=1S/C19H26N8O/c1-3-26-12-16(11-21-26)19(28)25-8-5-15(6-9-25)18-23-22-17(27(18)4-2)13-24-10-7-20-14-24/h7,10-12,14-15H,3-6,8-9,13H2,1-2H3. The number of piperidine rings is 1. The van der Waals surface area contributed by atoms with Gasteiger partial charge in [0.15, 0.2) is 5.82 Å². The average Bonchev–Trinajstić information content (AvgIpc) is 3.48. The van der Waals surface area contributed by atoms with Crippen LogP contribution in [0, 0.1) is 0 Å². The summed E-state index contributed by atoms with van der Waals surface area (Å²) in [6, 6.07) is 0. The Labute approximate surface area is 164 Å². The van der Waals surface area contributed by atoms with Gasteiger partial charge >= 0.3 is 0 Å². The van der Waals surface area contributed by atoms with Gasteiger partial charge in [0, 0.05) is 50.7 Å². The summed E-state index contributed by atoms with van der Waals surface area (Å²) in [5.74, 6) is 2.37. The molecule has 0 bridgehead atoms. The lowest BCUT2D eigenvalue weighted by molar-refractivity contribution is 0.0710. The molecule has 1 saturated heterocycles. The molecule has 0 atom stereocenters. The Kier molecular flexibility index (Phi) is 5.23. The molecule has 0 N–H and O–H groups in total. The summed E-state index contributed by atoms with van der Waals surface area (Å²) in [5, 5.41) is 13.1. The van der Waals surface area contributed by atoms with Crippen LogP contribution < -0.4 is 0 Å². The average molecular weight is 382 g/mol. The van der Waals surface area contributed by atoms with Gasteiger partial charge in [-0.3, -0.25) is 9.48 Å². The molecule has 148 valence electrons. The Balaban J connectivity index is 1.42. The molecule has 0 aromatic carbocycles. The Morgan fingerprint density at radius 1 is 1.18 bits per heavy atom. The lowest BCUT2D eigenvalue weighted by Crippen LogP contribution is -2.38. The third kappa shape index (κ3) is 3.56. The zero-order valence-corrected chi connectivity index (χ0v) is 16.4. The van der Waals surface area contributed by atoms with E-state index in [9.17, 15) is 4.79 Å². The topological polar surface area (TPSA) is 86.7 Å². The van der Waals surface area contributed by atoms with Crippen LogP contribution >= 0.6 is 0 Å². The zero-order valence-electron chi connectivity index (χ0n) is 16.4. The number of carbonyl (C=O) groups is 1. The van der Waals surface area contributed by atoms with Crippen molar-refractivity contribution in [2.45, 2.75) is 52.2 Å². The maximum absolute atomic E-state index is 12.7. The molecular weight excluding hydrogens is 356 g/mol. The normalized spacial score (nSPS) is 15.3. The van der Waals surface area contributed by atoms with E-state index in [0.29, 0.717) is 18.0 Å². The molecule has 1 fully saturated rings. The van der Waals surface area contributed by atoms with E-state index in [1.165, 1.54) is 0 Å². The van der Waals surface area contributed by atoms with E-state index in [0.717, 1.165) is 50.7 Å². The molecule has 4 rings (SSSR count). The largest absolute Gasteiger partial charge is 0.339 e. The van der Waals surface area contributed by atoms with Crippen molar-refractivity contribution in [1.29, 1.82) is 0 Å². The van der Waals surface area contributed by atoms with Crippen molar-refractivity contribution in [1.82, 2.24) is 39.0 Å². The van der Waals surface area contributed by atoms with Gasteiger partial charge < -0.3 is 14.0 Å². The maximum atomic E-state index is 12.7. The molecule has 9 nitrogen and oxygen atoms in total. The van der Waals surface area contributed by atoms with Gasteiger partial charge in [-0.1, -0.05) is 0 Å². The molecule has 1 aliphatic heterocycles. The van der Waals surface area contributed by atoms with E-state index in [2.05, 4.69) is 31.8 Å². The summed E-state index contributed by atoms with van der Waals surface area (Å²) in [6.07, 6.45) is 10.8. The smallest absolute Gasteiger partial charge is 0.257 e. The third-order valence-corrected chi connectivity index (χ3v) is 5.41. The van der Waals surface area contributed by atoms with Crippen molar-refractivity contribution in [2.24, 2.45) is 0 Å². The van der Waals surface area contributed by atoms with Crippen LogP contribution in [0.2, 0.25) is 0 Å². The second-order valence-electron chi connectivity index (χ2n) is 7.10. The molecule has 0 aliphatic carbocycles. The van der Waals surface area contributed by atoms with Gasteiger partial charge in [0.05, 0.1) is 24.6 Å². The number of amides is 1. The van der Waals surface area contributed by atoms with E-state index < -0.39 is 0 Å². The summed E-state index contributed by atoms with van der Waals surface area (Å²) in [4.78, 5) is 18.7. The van der Waals surface area contributed by atoms with Crippen molar-refractivity contribution < 1.29 is 4.79 Å². The second kappa shape index (κ2) is 7.95. The molecule has 4 heterocycles. The number of rotatable bonds is 6. The lowest BCUT2D eigenvalue weighted by Gasteiger charge is -2.31. The first kappa shape index (κ1) is 18.4. The fourth-order valence-electron chi connectivity index (χ4n) is 3.83. The van der Waals surface area contributed by atoms with Crippen molar-refractivity contribution in [3.63, 3.8) is 0 Å². The van der Waals surface area contributed by atoms with Crippen molar-refractivity contribution >= 4 is 5.91 Å². The van der Waals surface area contributed by atoms with Gasteiger partial charge in [-0.05, 0) is 26.7 Å². The highest BCUT2D eigenvalue weighted by Crippen LogP contribution is 2.28. The van der Waals surface area contributed by atoms with Gasteiger partial charge in [0.25, 0.3) is 5.91 Å². The molecule has 3 aromatic rings. The Bertz CT molecular complexity index is 918. The molecule has 3 aromatic heterocycles. The molecule has 0 radical (unpaired) electrons. The highest BCUT2D eigenvalue weighted by atomic mass is 16.2. The zero-order chi connectivity index (χ0) is 19.5. The molecule has 1 aliphatic rings. The molecule has 0 saturated carbocycles. The molecule has 1 amide bonds. The predicted octanol–water partition coefficient (Wildman–Crippen LogP) is 1.78. The summed E-state index contributed by atoms with van der Waals surface area (Å²) in [5.41, 5.74) is 0.666. The summed E-state index contributed by atoms with van der Waals surface area (Å²) < 4.78 is 5.98. The van der Waals surface area contributed by atoms with E-state index in [1.807, 2.05) is 28.8 Å². The number of nitrogens with zero attached hydrogens (tertiary/aromatic N) is 8. The number of carbonyl (C=O) groups excluding carboxylic acids is 1. The molecular formula is C19H26N8O. The van der Waals surface area contributed by atoms with Crippen LogP contribution in [0.1, 0.15) is 54.6 Å². The van der Waals surface area contributed by atoms with Crippen molar-refractivity contribution in [2.75, 3.05) is 13.1 Å². The minimum atomic E-state index is 0.0657. The van der Waals surface area contributed by atoms with Crippen LogP contribution in [-0.4, -0.2) is 58.0 Å². The maximum Gasteiger partial charge on any atom is 0.257 e. The summed E-state index contributed by atoms with van der Waals surface area (Å²) >= 11 is 0. The Morgan fingerprint density at radius 2 is 2.00 bits per heavy atom. The fourth-order valence-corrected chi connectivity index (χ4v) is 3.83. The summed E-state index contributed by atoms with van der Waals surface area (Å²) in [7, 11) is 0. The summed E-state index contributed by atoms with van der Waals surface area (Å²) in [6.45, 7) is 7.86. The molecule has 0 unspecified atom stereocenters. The first-order chi connectivity index (χ1) is 13.7. The molecule has 0 spiro atoms. The number of hydrogen-bond donors (Lipinski definition) is 0. The van der Waals surface area contributed by atoms with Gasteiger partial charge in [-0.25, -0.2) is 4.98 Å². The van der Waals surface area contributed by atoms with E-state index in [4.69, 9.17) is 0 Å². The van der Waals surface area contributed by atoms with Gasteiger partial charge in [0.1, 0.15) is 5.82 Å². The number of aryl methyl sites for hydroxylation is 1. The Morgan fingerprint density at radius 3 is 2.64 bits per heavy atom. The quantitative estimate of drug-likeness (QED) is 0.649. The molecule has 9 heteroatoms. The number of hydrogen-bond acceptors (Lipinski definition) is 5. The Hall–Kier alpha value is -2.97. The number of aromatic nitrogens is 7. The van der Waals surface area contributed by atoms with Crippen LogP contribution in [0.25, 0.3) is 0 Å². The van der Waals surface area contributed by atoms with E-state index in [-0.39, 0.29) is 5.91 Å². The monoisotopic (exact) mass is 382 g/mol. The number of likely N-dealkylation sites (tertiary alicyclic amines) is 1. The van der Waals surface area contributed by atoms with Gasteiger partial charge in [-0.2, -0.15) is 5.10 Å². The highest BCUT2D eigenvalue weighted by molar-refractivity contribution is 5.93. The van der Waals surface area contributed by atoms with E-state index >= 15 is 0 Å². The minimum Gasteiger partial charge on any atom is -0.339 e. The highest BCUT2D eigenvalue weighted by Gasteiger charge is 2.28. The lowest BCUT2D eigenvalue weighted by atomic mass is 9.95. The van der Waals surface area contributed by atoms with Gasteiger partial charge in [0.2, 0.25) is 0 Å². The predicted molar refractivity (Wildman–Crippen MR) is 103 cm³/mol.